The van der Waals surface area contributed by atoms with Crippen LogP contribution in [0.4, 0.5) is 0 Å². The smallest absolute Gasteiger partial charge is 0.328 e. The van der Waals surface area contributed by atoms with Crippen LogP contribution in [0.5, 0.6) is 0 Å². The molecule has 0 aliphatic rings. The number of amides is 1. The second kappa shape index (κ2) is 7.68. The van der Waals surface area contributed by atoms with Gasteiger partial charge in [0.2, 0.25) is 0 Å². The number of unbranched alkanes of at least 4 members (excludes halogenated alkanes) is 1. The third kappa shape index (κ3) is 4.68. The molecule has 0 radical (unpaired) electrons. The molecule has 0 fully saturated rings. The highest BCUT2D eigenvalue weighted by Gasteiger charge is 2.21. The molecule has 0 heterocycles. The second-order valence-electron chi connectivity index (χ2n) is 5.07. The number of carbonyl (C=O) groups is 2. The molecular formula is C16H23NO3. The fourth-order valence-corrected chi connectivity index (χ4v) is 2.15. The quantitative estimate of drug-likeness (QED) is 0.813. The molecule has 1 amide bonds. The minimum Gasteiger partial charge on any atom is -0.467 e. The molecule has 0 saturated carbocycles. The van der Waals surface area contributed by atoms with Gasteiger partial charge in [-0.05, 0) is 32.4 Å². The first-order valence-electron chi connectivity index (χ1n) is 6.95. The lowest BCUT2D eigenvalue weighted by molar-refractivity contribution is -0.143. The van der Waals surface area contributed by atoms with Gasteiger partial charge in [0, 0.05) is 5.56 Å². The Morgan fingerprint density at radius 2 is 1.80 bits per heavy atom. The summed E-state index contributed by atoms with van der Waals surface area (Å²) >= 11 is 0. The number of nitrogens with one attached hydrogen (secondary N) is 1. The van der Waals surface area contributed by atoms with Crippen LogP contribution in [-0.4, -0.2) is 25.0 Å². The van der Waals surface area contributed by atoms with Gasteiger partial charge in [0.25, 0.3) is 5.91 Å². The molecule has 110 valence electrons. The van der Waals surface area contributed by atoms with Gasteiger partial charge in [-0.15, -0.1) is 0 Å². The molecule has 0 aliphatic carbocycles. The summed E-state index contributed by atoms with van der Waals surface area (Å²) in [6, 6.07) is 5.06. The van der Waals surface area contributed by atoms with Gasteiger partial charge < -0.3 is 10.1 Å². The maximum Gasteiger partial charge on any atom is 0.328 e. The molecule has 1 N–H and O–H groups in total. The van der Waals surface area contributed by atoms with Gasteiger partial charge in [-0.1, -0.05) is 37.0 Å². The number of ether oxygens (including phenoxy) is 1. The highest BCUT2D eigenvalue weighted by Crippen LogP contribution is 2.10. The van der Waals surface area contributed by atoms with Crippen LogP contribution in [0, 0.1) is 13.8 Å². The Morgan fingerprint density at radius 1 is 1.20 bits per heavy atom. The molecule has 1 aromatic carbocycles. The van der Waals surface area contributed by atoms with Gasteiger partial charge in [0.1, 0.15) is 6.04 Å². The zero-order chi connectivity index (χ0) is 15.1. The number of aryl methyl sites for hydroxylation is 2. The molecule has 20 heavy (non-hydrogen) atoms. The number of carbonyl (C=O) groups excluding carboxylic acids is 2. The molecule has 0 unspecified atom stereocenters. The monoisotopic (exact) mass is 277 g/mol. The second-order valence-corrected chi connectivity index (χ2v) is 5.07. The van der Waals surface area contributed by atoms with Crippen molar-refractivity contribution in [2.24, 2.45) is 0 Å². The Kier molecular flexibility index (Phi) is 6.22. The van der Waals surface area contributed by atoms with Crippen LogP contribution in [0.15, 0.2) is 18.2 Å². The average molecular weight is 277 g/mol. The van der Waals surface area contributed by atoms with Crippen LogP contribution < -0.4 is 5.32 Å². The first-order valence-corrected chi connectivity index (χ1v) is 6.95. The van der Waals surface area contributed by atoms with Crippen LogP contribution in [-0.2, 0) is 9.53 Å². The number of hydrogen-bond donors (Lipinski definition) is 1. The molecule has 0 bridgehead atoms. The third-order valence-corrected chi connectivity index (χ3v) is 3.12. The van der Waals surface area contributed by atoms with E-state index in [-0.39, 0.29) is 5.91 Å². The van der Waals surface area contributed by atoms with E-state index >= 15 is 0 Å². The maximum absolute atomic E-state index is 12.2. The van der Waals surface area contributed by atoms with Crippen molar-refractivity contribution in [3.8, 4) is 0 Å². The molecule has 1 aromatic rings. The zero-order valence-corrected chi connectivity index (χ0v) is 12.7. The van der Waals surface area contributed by atoms with Crippen molar-refractivity contribution in [1.82, 2.24) is 5.32 Å². The Labute approximate surface area is 120 Å². The molecular weight excluding hydrogens is 254 g/mol. The molecule has 1 atom stereocenters. The lowest BCUT2D eigenvalue weighted by atomic mass is 10.1. The predicted octanol–water partition coefficient (Wildman–Crippen LogP) is 2.77. The summed E-state index contributed by atoms with van der Waals surface area (Å²) in [6.07, 6.45) is 2.43. The summed E-state index contributed by atoms with van der Waals surface area (Å²) in [7, 11) is 1.34. The zero-order valence-electron chi connectivity index (χ0n) is 12.7. The van der Waals surface area contributed by atoms with Crippen molar-refractivity contribution >= 4 is 11.9 Å². The molecule has 4 heteroatoms. The van der Waals surface area contributed by atoms with Crippen molar-refractivity contribution in [3.63, 3.8) is 0 Å². The summed E-state index contributed by atoms with van der Waals surface area (Å²) < 4.78 is 4.74. The highest BCUT2D eigenvalue weighted by atomic mass is 16.5. The number of methoxy groups -OCH3 is 1. The Hall–Kier alpha value is -1.84. The fourth-order valence-electron chi connectivity index (χ4n) is 2.15. The van der Waals surface area contributed by atoms with Gasteiger partial charge in [-0.2, -0.15) is 0 Å². The minimum atomic E-state index is -0.576. The third-order valence-electron chi connectivity index (χ3n) is 3.12. The lowest BCUT2D eigenvalue weighted by Crippen LogP contribution is -2.41. The lowest BCUT2D eigenvalue weighted by Gasteiger charge is -2.16. The van der Waals surface area contributed by atoms with Gasteiger partial charge in [-0.25, -0.2) is 4.79 Å². The normalized spacial score (nSPS) is 11.8. The van der Waals surface area contributed by atoms with Crippen LogP contribution in [0.25, 0.3) is 0 Å². The number of esters is 1. The van der Waals surface area contributed by atoms with E-state index < -0.39 is 12.0 Å². The summed E-state index contributed by atoms with van der Waals surface area (Å²) in [5.41, 5.74) is 2.63. The standard InChI is InChI=1S/C16H23NO3/c1-5-6-7-14(16(19)20-4)17-15(18)13-9-11(2)8-12(3)10-13/h8-10,14H,5-7H2,1-4H3,(H,17,18)/t14-/m0/s1. The SMILES string of the molecule is CCCC[C@H](NC(=O)c1cc(C)cc(C)c1)C(=O)OC. The summed E-state index contributed by atoms with van der Waals surface area (Å²) in [5.74, 6) is -0.625. The van der Waals surface area contributed by atoms with E-state index in [4.69, 9.17) is 4.74 Å². The first-order chi connectivity index (χ1) is 9.47. The van der Waals surface area contributed by atoms with Gasteiger partial charge in [0.15, 0.2) is 0 Å². The van der Waals surface area contributed by atoms with Crippen LogP contribution in [0.3, 0.4) is 0 Å². The fraction of sp³-hybridized carbons (Fsp3) is 0.500. The van der Waals surface area contributed by atoms with Gasteiger partial charge in [0.05, 0.1) is 7.11 Å². The Bertz CT molecular complexity index is 462. The van der Waals surface area contributed by atoms with Crippen molar-refractivity contribution in [2.45, 2.75) is 46.1 Å². The highest BCUT2D eigenvalue weighted by molar-refractivity contribution is 5.97. The van der Waals surface area contributed by atoms with E-state index in [0.717, 1.165) is 24.0 Å². The van der Waals surface area contributed by atoms with Gasteiger partial charge >= 0.3 is 5.97 Å². The maximum atomic E-state index is 12.2. The van der Waals surface area contributed by atoms with E-state index in [1.807, 2.05) is 39.0 Å². The van der Waals surface area contributed by atoms with E-state index in [0.29, 0.717) is 12.0 Å². The molecule has 0 aromatic heterocycles. The summed E-state index contributed by atoms with van der Waals surface area (Å²) in [4.78, 5) is 23.9. The van der Waals surface area contributed by atoms with E-state index in [2.05, 4.69) is 5.32 Å². The Morgan fingerprint density at radius 3 is 2.30 bits per heavy atom. The van der Waals surface area contributed by atoms with Crippen LogP contribution in [0.2, 0.25) is 0 Å². The summed E-state index contributed by atoms with van der Waals surface area (Å²) in [6.45, 7) is 5.93. The van der Waals surface area contributed by atoms with Crippen LogP contribution >= 0.6 is 0 Å². The average Bonchev–Trinajstić information content (AvgIpc) is 2.41. The Balaban J connectivity index is 2.81. The van der Waals surface area contributed by atoms with Crippen LogP contribution in [0.1, 0.15) is 47.7 Å². The van der Waals surface area contributed by atoms with Gasteiger partial charge in [-0.3, -0.25) is 4.79 Å². The predicted molar refractivity (Wildman–Crippen MR) is 78.7 cm³/mol. The van der Waals surface area contributed by atoms with Crippen molar-refractivity contribution < 1.29 is 14.3 Å². The molecule has 1 rings (SSSR count). The topological polar surface area (TPSA) is 55.4 Å². The van der Waals surface area contributed by atoms with Crippen molar-refractivity contribution in [3.05, 3.63) is 34.9 Å². The van der Waals surface area contributed by atoms with Crippen molar-refractivity contribution in [2.75, 3.05) is 7.11 Å². The number of benzene rings is 1. The number of hydrogen-bond acceptors (Lipinski definition) is 3. The molecule has 4 nitrogen and oxygen atoms in total. The van der Waals surface area contributed by atoms with Crippen molar-refractivity contribution in [1.29, 1.82) is 0 Å². The van der Waals surface area contributed by atoms with E-state index in [9.17, 15) is 9.59 Å². The minimum absolute atomic E-state index is 0.233. The molecule has 0 aliphatic heterocycles. The summed E-state index contributed by atoms with van der Waals surface area (Å²) in [5, 5.41) is 2.76. The molecule has 0 spiro atoms. The van der Waals surface area contributed by atoms with E-state index in [1.54, 1.807) is 0 Å². The number of rotatable bonds is 6. The molecule has 0 saturated heterocycles. The van der Waals surface area contributed by atoms with E-state index in [1.165, 1.54) is 7.11 Å². The largest absolute Gasteiger partial charge is 0.467 e. The first kappa shape index (κ1) is 16.2.